The number of hydrogen-bond donors (Lipinski definition) is 3. The molecule has 5 aliphatic heterocycles. The van der Waals surface area contributed by atoms with Gasteiger partial charge in [-0.25, -0.2) is 18.2 Å². The topological polar surface area (TPSA) is 171 Å². The van der Waals surface area contributed by atoms with Crippen molar-refractivity contribution in [1.82, 2.24) is 29.4 Å². The maximum Gasteiger partial charge on any atom is 0.301 e. The zero-order valence-corrected chi connectivity index (χ0v) is 36.1. The molecule has 2 aromatic heterocycles. The number of anilines is 3. The average molecular weight is 910 g/mol. The minimum absolute atomic E-state index is 0.00341. The van der Waals surface area contributed by atoms with Gasteiger partial charge in [0.15, 0.2) is 5.82 Å². The lowest BCUT2D eigenvalue weighted by atomic mass is 9.94. The first-order valence-electron chi connectivity index (χ1n) is 21.8. The van der Waals surface area contributed by atoms with E-state index in [9.17, 15) is 32.0 Å². The second kappa shape index (κ2) is 16.9. The lowest BCUT2D eigenvalue weighted by Crippen LogP contribution is -2.52. The Bertz CT molecular complexity index is 2850. The molecule has 7 heterocycles. The molecule has 4 fully saturated rings. The Hall–Kier alpha value is -6.31. The standard InChI is InChI=1S/C46H46F3N9O6S/c47-31-12-14-57(26-31)65(63,64)53-38-8-7-37(48)41(42(38)49)43(60)36-22-51-44-35(36)20-29(21-50-44)28-1-3-32(4-2-28)55-17-15-54(16-18-55)13-11-27-23-56(24-27)33-5-6-34-30(19-33)25-58(46(34)62)39-9-10-40(59)52-45(39)61/h1-8,19-22,27,31,39,53H,9-18,23-26H2,(H,50,51)(H,52,59,61)/t31-,39?/m1/s1. The van der Waals surface area contributed by atoms with Crippen LogP contribution in [-0.2, 0) is 26.3 Å². The molecule has 3 N–H and O–H groups in total. The molecule has 10 rings (SSSR count). The first-order valence-corrected chi connectivity index (χ1v) is 23.3. The van der Waals surface area contributed by atoms with E-state index < -0.39 is 57.0 Å². The molecule has 0 spiro atoms. The third-order valence-corrected chi connectivity index (χ3v) is 14.9. The van der Waals surface area contributed by atoms with E-state index in [-0.39, 0.29) is 43.3 Å². The molecule has 3 aromatic carbocycles. The molecule has 15 nitrogen and oxygen atoms in total. The van der Waals surface area contributed by atoms with Crippen molar-refractivity contribution in [3.8, 4) is 11.1 Å². The SMILES string of the molecule is O=C1CCC(N2Cc3cc(N4CC(CCN5CCN(c6ccc(-c7cnc8[nH]cc(C(=O)c9c(F)ccc(NS(=O)(=O)N%10CC[C@@H](F)C%10)c9F)c8c7)cc6)CC5)C4)ccc3C2=O)C(=O)N1. The molecule has 338 valence electrons. The van der Waals surface area contributed by atoms with Gasteiger partial charge in [0.1, 0.15) is 23.7 Å². The number of piperazine rings is 1. The van der Waals surface area contributed by atoms with E-state index in [0.29, 0.717) is 41.0 Å². The van der Waals surface area contributed by atoms with Gasteiger partial charge in [-0.15, -0.1) is 0 Å². The van der Waals surface area contributed by atoms with Gasteiger partial charge in [-0.2, -0.15) is 12.7 Å². The first-order chi connectivity index (χ1) is 31.3. The number of amides is 3. The van der Waals surface area contributed by atoms with Crippen LogP contribution in [0.1, 0.15) is 57.5 Å². The van der Waals surface area contributed by atoms with Crippen molar-refractivity contribution in [2.24, 2.45) is 5.92 Å². The Morgan fingerprint density at radius 3 is 2.37 bits per heavy atom. The molecule has 19 heteroatoms. The van der Waals surface area contributed by atoms with Crippen LogP contribution in [0.3, 0.4) is 0 Å². The van der Waals surface area contributed by atoms with Crippen molar-refractivity contribution < 1.29 is 40.8 Å². The van der Waals surface area contributed by atoms with Gasteiger partial charge in [0.25, 0.3) is 5.91 Å². The Kier molecular flexibility index (Phi) is 11.1. The number of imide groups is 1. The minimum Gasteiger partial charge on any atom is -0.371 e. The fourth-order valence-corrected chi connectivity index (χ4v) is 10.9. The summed E-state index contributed by atoms with van der Waals surface area (Å²) in [7, 11) is -4.35. The maximum absolute atomic E-state index is 15.7. The van der Waals surface area contributed by atoms with Gasteiger partial charge in [-0.3, -0.25) is 34.1 Å². The van der Waals surface area contributed by atoms with Crippen LogP contribution in [0.4, 0.5) is 30.2 Å². The molecule has 5 aromatic rings. The lowest BCUT2D eigenvalue weighted by molar-refractivity contribution is -0.136. The third-order valence-electron chi connectivity index (χ3n) is 13.4. The Balaban J connectivity index is 0.719. The van der Waals surface area contributed by atoms with Crippen molar-refractivity contribution in [3.63, 3.8) is 0 Å². The number of H-pyrrole nitrogens is 1. The van der Waals surface area contributed by atoms with Gasteiger partial charge in [-0.1, -0.05) is 12.1 Å². The first kappa shape index (κ1) is 42.6. The quantitative estimate of drug-likeness (QED) is 0.116. The van der Waals surface area contributed by atoms with Crippen molar-refractivity contribution in [3.05, 3.63) is 107 Å². The van der Waals surface area contributed by atoms with E-state index >= 15 is 8.78 Å². The van der Waals surface area contributed by atoms with E-state index in [1.165, 1.54) is 6.20 Å². The number of ketones is 1. The summed E-state index contributed by atoms with van der Waals surface area (Å²) in [6.45, 7) is 6.38. The van der Waals surface area contributed by atoms with E-state index in [1.807, 2.05) is 41.1 Å². The van der Waals surface area contributed by atoms with E-state index in [0.717, 1.165) is 91.2 Å². The fraction of sp³-hybridized carbons (Fsp3) is 0.370. The third kappa shape index (κ3) is 8.20. The summed E-state index contributed by atoms with van der Waals surface area (Å²) in [4.78, 5) is 67.0. The number of aromatic amines is 1. The summed E-state index contributed by atoms with van der Waals surface area (Å²) in [6.07, 6.45) is 3.27. The van der Waals surface area contributed by atoms with E-state index in [4.69, 9.17) is 0 Å². The van der Waals surface area contributed by atoms with Gasteiger partial charge < -0.3 is 19.7 Å². The molecule has 2 atom stereocenters. The molecule has 0 aliphatic carbocycles. The minimum atomic E-state index is -4.35. The summed E-state index contributed by atoms with van der Waals surface area (Å²) in [5, 5.41) is 2.69. The number of carbonyl (C=O) groups is 4. The fourth-order valence-electron chi connectivity index (χ4n) is 9.61. The molecule has 0 saturated carbocycles. The van der Waals surface area contributed by atoms with Crippen molar-refractivity contribution >= 4 is 61.8 Å². The molecular weight excluding hydrogens is 864 g/mol. The number of pyridine rings is 1. The maximum atomic E-state index is 15.7. The van der Waals surface area contributed by atoms with Crippen LogP contribution >= 0.6 is 0 Å². The highest BCUT2D eigenvalue weighted by Crippen LogP contribution is 2.35. The highest BCUT2D eigenvalue weighted by molar-refractivity contribution is 7.90. The number of nitrogens with zero attached hydrogens (tertiary/aromatic N) is 6. The average Bonchev–Trinajstić information content (AvgIpc) is 4.01. The summed E-state index contributed by atoms with van der Waals surface area (Å²) in [5.41, 5.74) is 3.90. The number of piperidine rings is 1. The molecule has 0 radical (unpaired) electrons. The van der Waals surface area contributed by atoms with E-state index in [1.54, 1.807) is 17.2 Å². The van der Waals surface area contributed by atoms with Gasteiger partial charge in [0.2, 0.25) is 17.6 Å². The number of halogens is 3. The number of aromatic nitrogens is 2. The highest BCUT2D eigenvalue weighted by Gasteiger charge is 2.40. The van der Waals surface area contributed by atoms with Gasteiger partial charge >= 0.3 is 10.2 Å². The predicted octanol–water partition coefficient (Wildman–Crippen LogP) is 4.85. The molecule has 1 unspecified atom stereocenters. The number of hydrogen-bond acceptors (Lipinski definition) is 10. The molecule has 4 saturated heterocycles. The summed E-state index contributed by atoms with van der Waals surface area (Å²) < 4.78 is 73.0. The number of alkyl halides is 1. The summed E-state index contributed by atoms with van der Waals surface area (Å²) >= 11 is 0. The smallest absolute Gasteiger partial charge is 0.301 e. The number of rotatable bonds is 12. The monoisotopic (exact) mass is 909 g/mol. The molecule has 5 aliphatic rings. The zero-order chi connectivity index (χ0) is 45.1. The zero-order valence-electron chi connectivity index (χ0n) is 35.2. The number of carbonyl (C=O) groups excluding carboxylic acids is 4. The van der Waals surface area contributed by atoms with Crippen molar-refractivity contribution in [1.29, 1.82) is 0 Å². The van der Waals surface area contributed by atoms with Crippen LogP contribution in [0.5, 0.6) is 0 Å². The van der Waals surface area contributed by atoms with Gasteiger partial charge in [0, 0.05) is 111 Å². The second-order valence-corrected chi connectivity index (χ2v) is 19.1. The summed E-state index contributed by atoms with van der Waals surface area (Å²) in [6, 6.07) is 16.7. The molecule has 0 bridgehead atoms. The number of benzene rings is 3. The predicted molar refractivity (Wildman–Crippen MR) is 236 cm³/mol. The van der Waals surface area contributed by atoms with Crippen LogP contribution in [0.25, 0.3) is 22.2 Å². The second-order valence-electron chi connectivity index (χ2n) is 17.5. The van der Waals surface area contributed by atoms with Crippen LogP contribution in [0.15, 0.2) is 73.1 Å². The van der Waals surface area contributed by atoms with Crippen molar-refractivity contribution in [2.75, 3.05) is 73.4 Å². The highest BCUT2D eigenvalue weighted by atomic mass is 32.2. The number of nitrogens with one attached hydrogen (secondary N) is 3. The Morgan fingerprint density at radius 1 is 0.862 bits per heavy atom. The van der Waals surface area contributed by atoms with Gasteiger partial charge in [0.05, 0.1) is 11.3 Å². The molecule has 3 amide bonds. The van der Waals surface area contributed by atoms with E-state index in [2.05, 4.69) is 36.1 Å². The van der Waals surface area contributed by atoms with Crippen LogP contribution in [0, 0.1) is 17.6 Å². The Morgan fingerprint density at radius 2 is 1.63 bits per heavy atom. The summed E-state index contributed by atoms with van der Waals surface area (Å²) in [5.74, 6) is -3.86. The van der Waals surface area contributed by atoms with Crippen LogP contribution in [0.2, 0.25) is 0 Å². The Labute approximate surface area is 372 Å². The van der Waals surface area contributed by atoms with Crippen LogP contribution in [-0.4, -0.2) is 127 Å². The molecular formula is C46H46F3N9O6S. The lowest BCUT2D eigenvalue weighted by Gasteiger charge is -2.43. The molecule has 65 heavy (non-hydrogen) atoms. The van der Waals surface area contributed by atoms with Crippen molar-refractivity contribution in [2.45, 2.75) is 44.4 Å². The normalized spacial score (nSPS) is 21.0. The largest absolute Gasteiger partial charge is 0.371 e. The van der Waals surface area contributed by atoms with Gasteiger partial charge in [-0.05, 0) is 91.4 Å². The van der Waals surface area contributed by atoms with Crippen LogP contribution < -0.4 is 19.8 Å². The number of fused-ring (bicyclic) bond motifs is 2.